The van der Waals surface area contributed by atoms with E-state index < -0.39 is 5.97 Å². The van der Waals surface area contributed by atoms with E-state index in [1.165, 1.54) is 7.11 Å². The first-order valence-corrected chi connectivity index (χ1v) is 8.30. The second-order valence-electron chi connectivity index (χ2n) is 6.09. The summed E-state index contributed by atoms with van der Waals surface area (Å²) in [5.41, 5.74) is 3.39. The van der Waals surface area contributed by atoms with Gasteiger partial charge in [-0.3, -0.25) is 0 Å². The Morgan fingerprint density at radius 1 is 1.04 bits per heavy atom. The van der Waals surface area contributed by atoms with Gasteiger partial charge in [-0.15, -0.1) is 0 Å². The monoisotopic (exact) mass is 352 g/mol. The number of rotatable bonds is 5. The fourth-order valence-electron chi connectivity index (χ4n) is 2.93. The maximum Gasteiger partial charge on any atom is 0.343 e. The normalized spacial score (nSPS) is 10.7. The van der Waals surface area contributed by atoms with E-state index in [0.29, 0.717) is 28.9 Å². The molecule has 0 saturated carbocycles. The summed E-state index contributed by atoms with van der Waals surface area (Å²) in [6, 6.07) is 13.4. The Bertz CT molecular complexity index is 1000. The molecule has 0 saturated heterocycles. The van der Waals surface area contributed by atoms with Gasteiger partial charge in [-0.25, -0.2) is 9.59 Å². The first kappa shape index (κ1) is 17.7. The van der Waals surface area contributed by atoms with Gasteiger partial charge in [-0.1, -0.05) is 30.3 Å². The van der Waals surface area contributed by atoms with Crippen molar-refractivity contribution in [1.82, 2.24) is 0 Å². The molecule has 0 amide bonds. The molecule has 0 unspecified atom stereocenters. The lowest BCUT2D eigenvalue weighted by Crippen LogP contribution is -2.14. The highest BCUT2D eigenvalue weighted by Crippen LogP contribution is 2.30. The topological polar surface area (TPSA) is 65.7 Å². The Kier molecular flexibility index (Phi) is 5.07. The molecule has 0 N–H and O–H groups in total. The van der Waals surface area contributed by atoms with Crippen LogP contribution in [0.15, 0.2) is 51.7 Å². The summed E-state index contributed by atoms with van der Waals surface area (Å²) in [5, 5.41) is 0.860. The highest BCUT2D eigenvalue weighted by Gasteiger charge is 2.16. The summed E-state index contributed by atoms with van der Waals surface area (Å²) < 4.78 is 15.6. The van der Waals surface area contributed by atoms with Crippen molar-refractivity contribution in [3.05, 3.63) is 75.1 Å². The van der Waals surface area contributed by atoms with Gasteiger partial charge >= 0.3 is 11.6 Å². The lowest BCUT2D eigenvalue weighted by molar-refractivity contribution is -0.142. The van der Waals surface area contributed by atoms with Crippen molar-refractivity contribution in [1.29, 1.82) is 0 Å². The molecule has 0 bridgehead atoms. The molecule has 3 aromatic rings. The minimum absolute atomic E-state index is 0.196. The van der Waals surface area contributed by atoms with Gasteiger partial charge in [-0.05, 0) is 37.1 Å². The van der Waals surface area contributed by atoms with Crippen molar-refractivity contribution >= 4 is 16.9 Å². The first-order chi connectivity index (χ1) is 12.5. The Labute approximate surface area is 151 Å². The van der Waals surface area contributed by atoms with Gasteiger partial charge in [0.25, 0.3) is 0 Å². The number of benzene rings is 2. The van der Waals surface area contributed by atoms with Crippen molar-refractivity contribution in [2.24, 2.45) is 0 Å². The fourth-order valence-corrected chi connectivity index (χ4v) is 2.93. The minimum atomic E-state index is -0.472. The average molecular weight is 352 g/mol. The SMILES string of the molecule is COC(=O)COc1ccc2c(C)c(Cc3ccccc3)c(=O)oc2c1C. The molecule has 5 nitrogen and oxygen atoms in total. The summed E-state index contributed by atoms with van der Waals surface area (Å²) in [5.74, 6) is 0.0154. The van der Waals surface area contributed by atoms with Gasteiger partial charge in [0.2, 0.25) is 0 Å². The summed E-state index contributed by atoms with van der Waals surface area (Å²) in [4.78, 5) is 23.8. The van der Waals surface area contributed by atoms with Gasteiger partial charge in [-0.2, -0.15) is 0 Å². The maximum absolute atomic E-state index is 12.6. The first-order valence-electron chi connectivity index (χ1n) is 8.30. The lowest BCUT2D eigenvalue weighted by atomic mass is 9.98. The van der Waals surface area contributed by atoms with E-state index in [1.807, 2.05) is 43.3 Å². The fraction of sp³-hybridized carbons (Fsp3) is 0.238. The van der Waals surface area contributed by atoms with Crippen LogP contribution >= 0.6 is 0 Å². The van der Waals surface area contributed by atoms with Crippen LogP contribution in [0.3, 0.4) is 0 Å². The zero-order valence-corrected chi connectivity index (χ0v) is 15.0. The van der Waals surface area contributed by atoms with Gasteiger partial charge < -0.3 is 13.9 Å². The molecule has 3 rings (SSSR count). The summed E-state index contributed by atoms with van der Waals surface area (Å²) in [7, 11) is 1.30. The molecule has 0 aliphatic rings. The molecule has 134 valence electrons. The van der Waals surface area contributed by atoms with E-state index in [4.69, 9.17) is 9.15 Å². The predicted octanol–water partition coefficient (Wildman–Crippen LogP) is 3.55. The van der Waals surface area contributed by atoms with E-state index in [9.17, 15) is 9.59 Å². The summed E-state index contributed by atoms with van der Waals surface area (Å²) >= 11 is 0. The number of ether oxygens (including phenoxy) is 2. The zero-order chi connectivity index (χ0) is 18.7. The molecule has 26 heavy (non-hydrogen) atoms. The third-order valence-corrected chi connectivity index (χ3v) is 4.45. The Morgan fingerprint density at radius 3 is 2.46 bits per heavy atom. The van der Waals surface area contributed by atoms with Gasteiger partial charge in [0, 0.05) is 22.9 Å². The predicted molar refractivity (Wildman–Crippen MR) is 98.7 cm³/mol. The van der Waals surface area contributed by atoms with Crippen molar-refractivity contribution in [3.63, 3.8) is 0 Å². The number of esters is 1. The summed E-state index contributed by atoms with van der Waals surface area (Å²) in [6.45, 7) is 3.53. The Balaban J connectivity index is 2.02. The molecule has 0 atom stereocenters. The van der Waals surface area contributed by atoms with Gasteiger partial charge in [0.1, 0.15) is 11.3 Å². The number of carbonyl (C=O) groups excluding carboxylic acids is 1. The number of hydrogen-bond acceptors (Lipinski definition) is 5. The van der Waals surface area contributed by atoms with Crippen LogP contribution in [0.5, 0.6) is 5.75 Å². The standard InChI is InChI=1S/C21H20O5/c1-13-16-9-10-18(25-12-19(22)24-3)14(2)20(16)26-21(23)17(13)11-15-7-5-4-6-8-15/h4-10H,11-12H2,1-3H3. The number of methoxy groups -OCH3 is 1. The Hall–Kier alpha value is -3.08. The summed E-state index contributed by atoms with van der Waals surface area (Å²) in [6.07, 6.45) is 0.518. The second kappa shape index (κ2) is 7.44. The molecule has 0 spiro atoms. The van der Waals surface area contributed by atoms with Crippen molar-refractivity contribution in [3.8, 4) is 5.75 Å². The molecular weight excluding hydrogens is 332 g/mol. The van der Waals surface area contributed by atoms with Gasteiger partial charge in [0.15, 0.2) is 6.61 Å². The highest BCUT2D eigenvalue weighted by atomic mass is 16.6. The van der Waals surface area contributed by atoms with Crippen molar-refractivity contribution < 1.29 is 18.7 Å². The van der Waals surface area contributed by atoms with Crippen LogP contribution in [0.25, 0.3) is 11.0 Å². The van der Waals surface area contributed by atoms with E-state index in [2.05, 4.69) is 4.74 Å². The second-order valence-corrected chi connectivity index (χ2v) is 6.09. The molecule has 0 fully saturated rings. The molecule has 0 aliphatic heterocycles. The van der Waals surface area contributed by atoms with Gasteiger partial charge in [0.05, 0.1) is 7.11 Å². The van der Waals surface area contributed by atoms with E-state index >= 15 is 0 Å². The van der Waals surface area contributed by atoms with Crippen LogP contribution in [-0.2, 0) is 16.0 Å². The van der Waals surface area contributed by atoms with E-state index in [0.717, 1.165) is 16.5 Å². The smallest absolute Gasteiger partial charge is 0.343 e. The number of hydrogen-bond donors (Lipinski definition) is 0. The maximum atomic E-state index is 12.6. The molecule has 5 heteroatoms. The van der Waals surface area contributed by atoms with Crippen molar-refractivity contribution in [2.45, 2.75) is 20.3 Å². The Morgan fingerprint density at radius 2 is 1.77 bits per heavy atom. The van der Waals surface area contributed by atoms with Crippen LogP contribution in [0.1, 0.15) is 22.3 Å². The molecule has 2 aromatic carbocycles. The number of aryl methyl sites for hydroxylation is 2. The largest absolute Gasteiger partial charge is 0.481 e. The number of fused-ring (bicyclic) bond motifs is 1. The third kappa shape index (κ3) is 3.47. The minimum Gasteiger partial charge on any atom is -0.481 e. The average Bonchev–Trinajstić information content (AvgIpc) is 2.65. The highest BCUT2D eigenvalue weighted by molar-refractivity contribution is 5.85. The van der Waals surface area contributed by atoms with Crippen LogP contribution < -0.4 is 10.4 Å². The number of carbonyl (C=O) groups is 1. The van der Waals surface area contributed by atoms with Crippen LogP contribution in [0.4, 0.5) is 0 Å². The van der Waals surface area contributed by atoms with Crippen LogP contribution in [-0.4, -0.2) is 19.7 Å². The molecule has 1 aromatic heterocycles. The zero-order valence-electron chi connectivity index (χ0n) is 15.0. The van der Waals surface area contributed by atoms with Crippen LogP contribution in [0.2, 0.25) is 0 Å². The van der Waals surface area contributed by atoms with E-state index in [1.54, 1.807) is 13.0 Å². The molecule has 1 heterocycles. The molecular formula is C21H20O5. The van der Waals surface area contributed by atoms with E-state index in [-0.39, 0.29) is 12.2 Å². The quantitative estimate of drug-likeness (QED) is 0.519. The van der Waals surface area contributed by atoms with Crippen LogP contribution in [0, 0.1) is 13.8 Å². The van der Waals surface area contributed by atoms with Crippen molar-refractivity contribution in [2.75, 3.05) is 13.7 Å². The molecule has 0 aliphatic carbocycles. The lowest BCUT2D eigenvalue weighted by Gasteiger charge is -2.13. The molecule has 0 radical (unpaired) electrons. The third-order valence-electron chi connectivity index (χ3n) is 4.45.